The van der Waals surface area contributed by atoms with Gasteiger partial charge in [0.05, 0.1) is 5.69 Å². The Kier molecular flexibility index (Phi) is 2.37. The number of carbonyl (C=O) groups is 1. The van der Waals surface area contributed by atoms with E-state index in [0.29, 0.717) is 11.4 Å². The van der Waals surface area contributed by atoms with Crippen LogP contribution >= 0.6 is 0 Å². The van der Waals surface area contributed by atoms with Crippen LogP contribution in [0.3, 0.4) is 0 Å². The maximum atomic E-state index is 11.5. The fourth-order valence-electron chi connectivity index (χ4n) is 1.09. The Balaban J connectivity index is 2.17. The fraction of sp³-hybridized carbons (Fsp3) is 0. The molecule has 2 rings (SSSR count). The molecule has 5 nitrogen and oxygen atoms in total. The monoisotopic (exact) mass is 203 g/mol. The first-order valence-electron chi connectivity index (χ1n) is 4.34. The lowest BCUT2D eigenvalue weighted by Crippen LogP contribution is -2.17. The molecule has 76 valence electrons. The molecule has 2 aromatic rings. The predicted molar refractivity (Wildman–Crippen MR) is 54.5 cm³/mol. The summed E-state index contributed by atoms with van der Waals surface area (Å²) in [7, 11) is 0. The first kappa shape index (κ1) is 9.26. The van der Waals surface area contributed by atoms with Gasteiger partial charge in [-0.05, 0) is 18.2 Å². The lowest BCUT2D eigenvalue weighted by atomic mass is 10.3. The van der Waals surface area contributed by atoms with E-state index in [-0.39, 0.29) is 0 Å². The second-order valence-corrected chi connectivity index (χ2v) is 2.86. The number of rotatable bonds is 1. The van der Waals surface area contributed by atoms with Crippen LogP contribution in [0.4, 0.5) is 10.5 Å². The number of nitrogens with two attached hydrogens (primary N) is 1. The van der Waals surface area contributed by atoms with Gasteiger partial charge in [0, 0.05) is 12.4 Å². The van der Waals surface area contributed by atoms with Gasteiger partial charge in [0.2, 0.25) is 0 Å². The van der Waals surface area contributed by atoms with Crippen molar-refractivity contribution in [2.45, 2.75) is 0 Å². The lowest BCUT2D eigenvalue weighted by Gasteiger charge is -2.05. The molecule has 0 fully saturated rings. The summed E-state index contributed by atoms with van der Waals surface area (Å²) in [6.45, 7) is 0. The average molecular weight is 203 g/mol. The third-order valence-corrected chi connectivity index (χ3v) is 1.81. The Morgan fingerprint density at radius 3 is 2.80 bits per heavy atom. The number of ether oxygens (including phenoxy) is 1. The van der Waals surface area contributed by atoms with Crippen molar-refractivity contribution < 1.29 is 9.53 Å². The number of nitrogen functional groups attached to an aromatic ring is 1. The Morgan fingerprint density at radius 2 is 2.13 bits per heavy atom. The van der Waals surface area contributed by atoms with Gasteiger partial charge in [-0.25, -0.2) is 4.79 Å². The van der Waals surface area contributed by atoms with Crippen LogP contribution in [0.25, 0.3) is 0 Å². The van der Waals surface area contributed by atoms with Gasteiger partial charge >= 0.3 is 6.09 Å². The van der Waals surface area contributed by atoms with Crippen LogP contribution in [0.5, 0.6) is 5.75 Å². The van der Waals surface area contributed by atoms with Gasteiger partial charge in [-0.1, -0.05) is 12.1 Å². The van der Waals surface area contributed by atoms with Gasteiger partial charge in [0.15, 0.2) is 5.75 Å². The van der Waals surface area contributed by atoms with Gasteiger partial charge in [-0.15, -0.1) is 0 Å². The van der Waals surface area contributed by atoms with Crippen LogP contribution in [0, 0.1) is 0 Å². The van der Waals surface area contributed by atoms with Crippen molar-refractivity contribution in [2.75, 3.05) is 5.73 Å². The maximum absolute atomic E-state index is 11.5. The molecule has 0 amide bonds. The number of carbonyl (C=O) groups excluding carboxylic acids is 1. The molecular weight excluding hydrogens is 194 g/mol. The molecule has 2 N–H and O–H groups in total. The van der Waals surface area contributed by atoms with Crippen LogP contribution in [-0.2, 0) is 0 Å². The highest BCUT2D eigenvalue weighted by Gasteiger charge is 2.08. The van der Waals surface area contributed by atoms with E-state index in [1.54, 1.807) is 30.3 Å². The topological polar surface area (TPSA) is 70.1 Å². The molecule has 5 heteroatoms. The molecule has 0 radical (unpaired) electrons. The van der Waals surface area contributed by atoms with E-state index in [4.69, 9.17) is 10.5 Å². The number of anilines is 1. The van der Waals surface area contributed by atoms with Crippen LogP contribution in [-0.4, -0.2) is 15.9 Å². The molecule has 1 aromatic carbocycles. The van der Waals surface area contributed by atoms with Crippen molar-refractivity contribution in [2.24, 2.45) is 0 Å². The number of hydrogen-bond donors (Lipinski definition) is 1. The molecule has 15 heavy (non-hydrogen) atoms. The fourth-order valence-corrected chi connectivity index (χ4v) is 1.09. The molecule has 1 aromatic heterocycles. The Hall–Kier alpha value is -2.30. The molecule has 0 aliphatic heterocycles. The van der Waals surface area contributed by atoms with E-state index in [1.807, 2.05) is 0 Å². The van der Waals surface area contributed by atoms with Gasteiger partial charge in [0.25, 0.3) is 0 Å². The van der Waals surface area contributed by atoms with Crippen LogP contribution in [0.2, 0.25) is 0 Å². The van der Waals surface area contributed by atoms with E-state index in [1.165, 1.54) is 12.4 Å². The molecule has 0 spiro atoms. The molecule has 0 aliphatic carbocycles. The standard InChI is InChI=1S/C10H9N3O2/c11-8-4-1-2-5-9(8)15-10(14)13-7-3-6-12-13/h1-7H,11H2. The zero-order chi connectivity index (χ0) is 10.7. The average Bonchev–Trinajstić information content (AvgIpc) is 2.74. The molecule has 1 heterocycles. The SMILES string of the molecule is Nc1ccccc1OC(=O)n1cccn1. The minimum Gasteiger partial charge on any atom is -0.406 e. The predicted octanol–water partition coefficient (Wildman–Crippen LogP) is 1.51. The minimum atomic E-state index is -0.585. The zero-order valence-corrected chi connectivity index (χ0v) is 7.83. The third kappa shape index (κ3) is 1.96. The van der Waals surface area contributed by atoms with E-state index < -0.39 is 6.09 Å². The Morgan fingerprint density at radius 1 is 1.33 bits per heavy atom. The van der Waals surface area contributed by atoms with Gasteiger partial charge in [-0.3, -0.25) is 0 Å². The highest BCUT2D eigenvalue weighted by Crippen LogP contribution is 2.19. The largest absolute Gasteiger partial charge is 0.440 e. The molecule has 0 saturated heterocycles. The van der Waals surface area contributed by atoms with Crippen molar-refractivity contribution in [3.8, 4) is 5.75 Å². The Bertz CT molecular complexity index is 465. The van der Waals surface area contributed by atoms with Gasteiger partial charge < -0.3 is 10.5 Å². The second kappa shape index (κ2) is 3.83. The van der Waals surface area contributed by atoms with E-state index in [0.717, 1.165) is 4.68 Å². The van der Waals surface area contributed by atoms with E-state index >= 15 is 0 Å². The molecule has 0 unspecified atom stereocenters. The third-order valence-electron chi connectivity index (χ3n) is 1.81. The number of nitrogens with zero attached hydrogens (tertiary/aromatic N) is 2. The zero-order valence-electron chi connectivity index (χ0n) is 7.83. The van der Waals surface area contributed by atoms with Crippen molar-refractivity contribution >= 4 is 11.8 Å². The molecule has 0 saturated carbocycles. The highest BCUT2D eigenvalue weighted by molar-refractivity contribution is 5.74. The van der Waals surface area contributed by atoms with Crippen molar-refractivity contribution in [3.05, 3.63) is 42.7 Å². The molecule has 0 atom stereocenters. The minimum absolute atomic E-state index is 0.331. The summed E-state index contributed by atoms with van der Waals surface area (Å²) in [6, 6.07) is 8.42. The molecule has 0 bridgehead atoms. The van der Waals surface area contributed by atoms with E-state index in [9.17, 15) is 4.79 Å². The summed E-state index contributed by atoms with van der Waals surface area (Å²) < 4.78 is 6.12. The first-order chi connectivity index (χ1) is 7.27. The van der Waals surface area contributed by atoms with Gasteiger partial charge in [-0.2, -0.15) is 9.78 Å². The lowest BCUT2D eigenvalue weighted by molar-refractivity contribution is 0.199. The normalized spacial score (nSPS) is 9.87. The number of para-hydroxylation sites is 2. The summed E-state index contributed by atoms with van der Waals surface area (Å²) in [5, 5.41) is 3.74. The van der Waals surface area contributed by atoms with Crippen LogP contribution in [0.1, 0.15) is 0 Å². The smallest absolute Gasteiger partial charge is 0.406 e. The van der Waals surface area contributed by atoms with Crippen LogP contribution < -0.4 is 10.5 Å². The first-order valence-corrected chi connectivity index (χ1v) is 4.34. The number of benzene rings is 1. The maximum Gasteiger partial charge on any atom is 0.440 e. The van der Waals surface area contributed by atoms with E-state index in [2.05, 4.69) is 5.10 Å². The number of hydrogen-bond acceptors (Lipinski definition) is 4. The van der Waals surface area contributed by atoms with Crippen molar-refractivity contribution in [1.82, 2.24) is 9.78 Å². The summed E-state index contributed by atoms with van der Waals surface area (Å²) in [4.78, 5) is 11.5. The molecule has 0 aliphatic rings. The quantitative estimate of drug-likeness (QED) is 0.713. The van der Waals surface area contributed by atoms with Gasteiger partial charge in [0.1, 0.15) is 0 Å². The van der Waals surface area contributed by atoms with Crippen molar-refractivity contribution in [3.63, 3.8) is 0 Å². The van der Waals surface area contributed by atoms with Crippen LogP contribution in [0.15, 0.2) is 42.7 Å². The number of aromatic nitrogens is 2. The highest BCUT2D eigenvalue weighted by atomic mass is 16.6. The summed E-state index contributed by atoms with van der Waals surface area (Å²) in [5.74, 6) is 0.331. The van der Waals surface area contributed by atoms with Crippen molar-refractivity contribution in [1.29, 1.82) is 0 Å². The summed E-state index contributed by atoms with van der Waals surface area (Å²) >= 11 is 0. The summed E-state index contributed by atoms with van der Waals surface area (Å²) in [6.07, 6.45) is 2.41. The summed E-state index contributed by atoms with van der Waals surface area (Å²) in [5.41, 5.74) is 6.03. The second-order valence-electron chi connectivity index (χ2n) is 2.86. The molecular formula is C10H9N3O2. The Labute approximate surface area is 86.1 Å².